The number of carbonyl (C=O) groups excluding carboxylic acids is 1. The molecule has 0 bridgehead atoms. The molecule has 0 aliphatic rings. The van der Waals surface area contributed by atoms with Crippen LogP contribution in [0.1, 0.15) is 31.4 Å². The van der Waals surface area contributed by atoms with Crippen molar-refractivity contribution in [1.82, 2.24) is 4.72 Å². The van der Waals surface area contributed by atoms with Crippen molar-refractivity contribution in [3.05, 3.63) is 59.4 Å². The normalized spacial score (nSPS) is 13.8. The van der Waals surface area contributed by atoms with Gasteiger partial charge in [0.1, 0.15) is 11.9 Å². The van der Waals surface area contributed by atoms with E-state index < -0.39 is 27.8 Å². The van der Waals surface area contributed by atoms with Crippen LogP contribution in [-0.4, -0.2) is 20.4 Å². The summed E-state index contributed by atoms with van der Waals surface area (Å²) in [6.45, 7) is 7.08. The number of hydrogen-bond acceptors (Lipinski definition) is 3. The number of sulfonamides is 1. The molecule has 0 saturated carbocycles. The van der Waals surface area contributed by atoms with Crippen molar-refractivity contribution in [2.24, 2.45) is 5.92 Å². The minimum absolute atomic E-state index is 0.0936. The summed E-state index contributed by atoms with van der Waals surface area (Å²) in [6.07, 6.45) is 0.594. The highest BCUT2D eigenvalue weighted by Crippen LogP contribution is 2.20. The van der Waals surface area contributed by atoms with Gasteiger partial charge in [0.25, 0.3) is 0 Å². The van der Waals surface area contributed by atoms with Crippen molar-refractivity contribution in [3.8, 4) is 0 Å². The van der Waals surface area contributed by atoms with Gasteiger partial charge in [-0.15, -0.1) is 0 Å². The average molecular weight is 392 g/mol. The van der Waals surface area contributed by atoms with E-state index in [0.717, 1.165) is 5.56 Å². The van der Waals surface area contributed by atoms with E-state index in [1.54, 1.807) is 32.0 Å². The molecule has 0 unspecified atom stereocenters. The Morgan fingerprint density at radius 1 is 1.11 bits per heavy atom. The number of rotatable bonds is 7. The molecule has 0 aromatic heterocycles. The number of nitrogens with one attached hydrogen (secondary N) is 2. The van der Waals surface area contributed by atoms with E-state index in [9.17, 15) is 17.6 Å². The average Bonchev–Trinajstić information content (AvgIpc) is 2.63. The fourth-order valence-electron chi connectivity index (χ4n) is 2.57. The monoisotopic (exact) mass is 392 g/mol. The van der Waals surface area contributed by atoms with Crippen LogP contribution >= 0.6 is 0 Å². The molecule has 7 heteroatoms. The van der Waals surface area contributed by atoms with Gasteiger partial charge in [0, 0.05) is 11.3 Å². The van der Waals surface area contributed by atoms with Crippen LogP contribution in [0.4, 0.5) is 10.1 Å². The zero-order chi connectivity index (χ0) is 20.2. The molecule has 0 spiro atoms. The molecule has 2 N–H and O–H groups in total. The second-order valence-corrected chi connectivity index (χ2v) is 8.41. The first kappa shape index (κ1) is 21.1. The standard InChI is InChI=1S/C20H25FN2O3S/c1-5-14(3)19(20(24)22-18-8-6-7-17(21)15(18)4)23-27(25,26)16-11-9-13(2)10-12-16/h6-12,14,19,23H,5H2,1-4H3,(H,22,24)/t14-,19+/m1/s1. The van der Waals surface area contributed by atoms with Crippen LogP contribution in [0, 0.1) is 25.6 Å². The van der Waals surface area contributed by atoms with Crippen molar-refractivity contribution >= 4 is 21.6 Å². The van der Waals surface area contributed by atoms with Gasteiger partial charge in [-0.25, -0.2) is 12.8 Å². The van der Waals surface area contributed by atoms with Gasteiger partial charge in [-0.3, -0.25) is 4.79 Å². The zero-order valence-corrected chi connectivity index (χ0v) is 16.7. The van der Waals surface area contributed by atoms with Crippen LogP contribution in [0.2, 0.25) is 0 Å². The third-order valence-electron chi connectivity index (χ3n) is 4.63. The Balaban J connectivity index is 2.28. The smallest absolute Gasteiger partial charge is 0.242 e. The number of anilines is 1. The van der Waals surface area contributed by atoms with Crippen molar-refractivity contribution in [2.45, 2.75) is 45.1 Å². The largest absolute Gasteiger partial charge is 0.324 e. The Morgan fingerprint density at radius 2 is 1.74 bits per heavy atom. The maximum Gasteiger partial charge on any atom is 0.242 e. The van der Waals surface area contributed by atoms with Crippen molar-refractivity contribution in [2.75, 3.05) is 5.32 Å². The highest BCUT2D eigenvalue weighted by molar-refractivity contribution is 7.89. The van der Waals surface area contributed by atoms with Crippen molar-refractivity contribution < 1.29 is 17.6 Å². The summed E-state index contributed by atoms with van der Waals surface area (Å²) in [5, 5.41) is 2.64. The van der Waals surface area contributed by atoms with E-state index in [-0.39, 0.29) is 10.8 Å². The van der Waals surface area contributed by atoms with Gasteiger partial charge in [0.15, 0.2) is 0 Å². The quantitative estimate of drug-likeness (QED) is 0.753. The molecule has 2 aromatic carbocycles. The van der Waals surface area contributed by atoms with Gasteiger partial charge < -0.3 is 5.32 Å². The molecule has 27 heavy (non-hydrogen) atoms. The van der Waals surface area contributed by atoms with Gasteiger partial charge in [0.2, 0.25) is 15.9 Å². The van der Waals surface area contributed by atoms with E-state index in [4.69, 9.17) is 0 Å². The molecular weight excluding hydrogens is 367 g/mol. The van der Waals surface area contributed by atoms with Crippen LogP contribution in [0.25, 0.3) is 0 Å². The van der Waals surface area contributed by atoms with E-state index in [1.807, 2.05) is 13.8 Å². The van der Waals surface area contributed by atoms with E-state index in [1.165, 1.54) is 24.3 Å². The summed E-state index contributed by atoms with van der Waals surface area (Å²) < 4.78 is 41.6. The van der Waals surface area contributed by atoms with E-state index in [0.29, 0.717) is 17.7 Å². The van der Waals surface area contributed by atoms with Gasteiger partial charge in [-0.1, -0.05) is 44.0 Å². The second-order valence-electron chi connectivity index (χ2n) is 6.70. The maximum absolute atomic E-state index is 13.7. The predicted octanol–water partition coefficient (Wildman–Crippen LogP) is 3.77. The Hall–Kier alpha value is -2.25. The summed E-state index contributed by atoms with van der Waals surface area (Å²) in [5.41, 5.74) is 1.56. The number of carbonyl (C=O) groups is 1. The third-order valence-corrected chi connectivity index (χ3v) is 6.09. The lowest BCUT2D eigenvalue weighted by atomic mass is 9.99. The molecule has 0 aliphatic heterocycles. The number of halogens is 1. The van der Waals surface area contributed by atoms with Crippen LogP contribution in [0.15, 0.2) is 47.4 Å². The number of benzene rings is 2. The maximum atomic E-state index is 13.7. The minimum atomic E-state index is -3.87. The molecule has 5 nitrogen and oxygen atoms in total. The highest BCUT2D eigenvalue weighted by atomic mass is 32.2. The second kappa shape index (κ2) is 8.63. The Bertz CT molecular complexity index is 911. The topological polar surface area (TPSA) is 75.3 Å². The first-order valence-electron chi connectivity index (χ1n) is 8.80. The molecule has 2 aromatic rings. The molecular formula is C20H25FN2O3S. The van der Waals surface area contributed by atoms with Gasteiger partial charge in [-0.2, -0.15) is 4.72 Å². The Morgan fingerprint density at radius 3 is 2.33 bits per heavy atom. The van der Waals surface area contributed by atoms with Gasteiger partial charge in [0.05, 0.1) is 4.90 Å². The molecule has 1 amide bonds. The van der Waals surface area contributed by atoms with E-state index >= 15 is 0 Å². The molecule has 2 atom stereocenters. The lowest BCUT2D eigenvalue weighted by Crippen LogP contribution is -2.47. The molecule has 2 rings (SSSR count). The number of aryl methyl sites for hydroxylation is 1. The lowest BCUT2D eigenvalue weighted by molar-refractivity contribution is -0.118. The van der Waals surface area contributed by atoms with Gasteiger partial charge >= 0.3 is 0 Å². The van der Waals surface area contributed by atoms with Crippen LogP contribution in [-0.2, 0) is 14.8 Å². The SMILES string of the molecule is CC[C@@H](C)[C@H](NS(=O)(=O)c1ccc(C)cc1)C(=O)Nc1cccc(F)c1C. The third kappa shape index (κ3) is 5.14. The molecule has 146 valence electrons. The van der Waals surface area contributed by atoms with Crippen LogP contribution in [0.3, 0.4) is 0 Å². The first-order chi connectivity index (χ1) is 12.7. The number of hydrogen-bond donors (Lipinski definition) is 2. The molecule has 0 radical (unpaired) electrons. The van der Waals surface area contributed by atoms with Crippen LogP contribution < -0.4 is 10.0 Å². The predicted molar refractivity (Wildman–Crippen MR) is 105 cm³/mol. The van der Waals surface area contributed by atoms with Crippen molar-refractivity contribution in [3.63, 3.8) is 0 Å². The summed E-state index contributed by atoms with van der Waals surface area (Å²) >= 11 is 0. The highest BCUT2D eigenvalue weighted by Gasteiger charge is 2.30. The number of amides is 1. The molecule has 0 heterocycles. The van der Waals surface area contributed by atoms with Crippen LogP contribution in [0.5, 0.6) is 0 Å². The summed E-state index contributed by atoms with van der Waals surface area (Å²) in [6, 6.07) is 9.79. The summed E-state index contributed by atoms with van der Waals surface area (Å²) in [7, 11) is -3.87. The Kier molecular flexibility index (Phi) is 6.73. The fraction of sp³-hybridized carbons (Fsp3) is 0.350. The zero-order valence-electron chi connectivity index (χ0n) is 15.9. The summed E-state index contributed by atoms with van der Waals surface area (Å²) in [4.78, 5) is 12.9. The fourth-order valence-corrected chi connectivity index (χ4v) is 3.87. The first-order valence-corrected chi connectivity index (χ1v) is 10.3. The molecule has 0 saturated heterocycles. The minimum Gasteiger partial charge on any atom is -0.324 e. The summed E-state index contributed by atoms with van der Waals surface area (Å²) in [5.74, 6) is -1.21. The molecule has 0 fully saturated rings. The van der Waals surface area contributed by atoms with Crippen molar-refractivity contribution in [1.29, 1.82) is 0 Å². The Labute approximate surface area is 160 Å². The lowest BCUT2D eigenvalue weighted by Gasteiger charge is -2.24. The molecule has 0 aliphatic carbocycles. The van der Waals surface area contributed by atoms with E-state index in [2.05, 4.69) is 10.0 Å². The van der Waals surface area contributed by atoms with Gasteiger partial charge in [-0.05, 0) is 44.0 Å².